The zero-order chi connectivity index (χ0) is 17.3. The number of carbonyl (C=O) groups is 1. The molecule has 1 amide bonds. The third kappa shape index (κ3) is 2.90. The Bertz CT molecular complexity index is 766. The van der Waals surface area contributed by atoms with Crippen LogP contribution in [-0.4, -0.2) is 28.8 Å². The Morgan fingerprint density at radius 3 is 2.72 bits per heavy atom. The molecule has 0 radical (unpaired) electrons. The second kappa shape index (κ2) is 6.50. The van der Waals surface area contributed by atoms with Gasteiger partial charge in [-0.3, -0.25) is 4.79 Å². The van der Waals surface area contributed by atoms with Gasteiger partial charge in [0, 0.05) is 12.0 Å². The van der Waals surface area contributed by atoms with E-state index in [9.17, 15) is 9.18 Å². The minimum absolute atomic E-state index is 0.0700. The third-order valence-electron chi connectivity index (χ3n) is 5.39. The largest absolute Gasteiger partial charge is 0.474 e. The molecule has 2 aliphatic rings. The Morgan fingerprint density at radius 2 is 2.00 bits per heavy atom. The maximum atomic E-state index is 14.3. The molecule has 132 valence electrons. The van der Waals surface area contributed by atoms with Crippen LogP contribution in [0.3, 0.4) is 0 Å². The molecule has 1 aliphatic heterocycles. The van der Waals surface area contributed by atoms with Gasteiger partial charge in [0.15, 0.2) is 5.69 Å². The molecule has 2 heterocycles. The lowest BCUT2D eigenvalue weighted by Crippen LogP contribution is -2.42. The summed E-state index contributed by atoms with van der Waals surface area (Å²) in [7, 11) is 0. The van der Waals surface area contributed by atoms with Crippen LogP contribution in [0.4, 0.5) is 4.39 Å². The van der Waals surface area contributed by atoms with Crippen LogP contribution < -0.4 is 10.1 Å². The number of benzene rings is 1. The van der Waals surface area contributed by atoms with Gasteiger partial charge in [0.2, 0.25) is 11.7 Å². The molecular weight excluding hydrogens is 321 g/mol. The average molecular weight is 343 g/mol. The normalized spacial score (nSPS) is 18.4. The van der Waals surface area contributed by atoms with Crippen molar-refractivity contribution in [2.45, 2.75) is 44.1 Å². The fraction of sp³-hybridized carbons (Fsp3) is 0.474. The summed E-state index contributed by atoms with van der Waals surface area (Å²) in [5.41, 5.74) is 0.991. The smallest absolute Gasteiger partial charge is 0.275 e. The molecule has 5 nitrogen and oxygen atoms in total. The van der Waals surface area contributed by atoms with E-state index < -0.39 is 11.7 Å². The number of rotatable bonds is 4. The maximum Gasteiger partial charge on any atom is 0.275 e. The number of aromatic nitrogens is 2. The Hall–Kier alpha value is -2.37. The molecule has 2 aromatic rings. The molecule has 1 aromatic carbocycles. The molecule has 6 heteroatoms. The minimum atomic E-state index is -0.660. The van der Waals surface area contributed by atoms with Gasteiger partial charge in [-0.1, -0.05) is 49.6 Å². The summed E-state index contributed by atoms with van der Waals surface area (Å²) >= 11 is 0. The van der Waals surface area contributed by atoms with E-state index in [1.165, 1.54) is 16.7 Å². The molecule has 4 rings (SSSR count). The standard InChI is InChI=1S/C19H22FN3O2/c20-15-16(22-23-11-12-25-18(15)23)17(24)21-13-19(9-5-2-6-10-19)14-7-3-1-4-8-14/h1,3-4,7-8H,2,5-6,9-13H2,(H,21,24). The van der Waals surface area contributed by atoms with Crippen molar-refractivity contribution < 1.29 is 13.9 Å². The van der Waals surface area contributed by atoms with E-state index in [0.29, 0.717) is 19.7 Å². The van der Waals surface area contributed by atoms with E-state index >= 15 is 0 Å². The summed E-state index contributed by atoms with van der Waals surface area (Å²) in [6.45, 7) is 1.38. The highest BCUT2D eigenvalue weighted by Crippen LogP contribution is 2.39. The van der Waals surface area contributed by atoms with E-state index in [0.717, 1.165) is 25.7 Å². The molecule has 0 bridgehead atoms. The summed E-state index contributed by atoms with van der Waals surface area (Å²) in [5.74, 6) is -1.06. The van der Waals surface area contributed by atoms with Gasteiger partial charge in [0.05, 0.1) is 6.54 Å². The number of nitrogens with one attached hydrogen (secondary N) is 1. The Morgan fingerprint density at radius 1 is 1.24 bits per heavy atom. The summed E-state index contributed by atoms with van der Waals surface area (Å²) in [6.07, 6.45) is 5.57. The Labute approximate surface area is 146 Å². The monoisotopic (exact) mass is 343 g/mol. The van der Waals surface area contributed by atoms with Crippen LogP contribution in [0, 0.1) is 5.82 Å². The summed E-state index contributed by atoms with van der Waals surface area (Å²) in [4.78, 5) is 12.5. The number of amides is 1. The molecule has 1 fully saturated rings. The van der Waals surface area contributed by atoms with Crippen molar-refractivity contribution in [1.29, 1.82) is 0 Å². The molecule has 25 heavy (non-hydrogen) atoms. The van der Waals surface area contributed by atoms with Gasteiger partial charge in [0.25, 0.3) is 5.91 Å². The first kappa shape index (κ1) is 16.1. The van der Waals surface area contributed by atoms with Gasteiger partial charge >= 0.3 is 0 Å². The number of fused-ring (bicyclic) bond motifs is 1. The first-order valence-corrected chi connectivity index (χ1v) is 8.92. The summed E-state index contributed by atoms with van der Waals surface area (Å²) in [6, 6.07) is 10.3. The third-order valence-corrected chi connectivity index (χ3v) is 5.39. The molecule has 0 spiro atoms. The second-order valence-electron chi connectivity index (χ2n) is 6.93. The van der Waals surface area contributed by atoms with Crippen molar-refractivity contribution in [3.63, 3.8) is 0 Å². The summed E-state index contributed by atoms with van der Waals surface area (Å²) < 4.78 is 20.9. The lowest BCUT2D eigenvalue weighted by atomic mass is 9.69. The van der Waals surface area contributed by atoms with E-state index in [-0.39, 0.29) is 17.0 Å². The molecule has 1 aliphatic carbocycles. The number of hydrogen-bond acceptors (Lipinski definition) is 3. The highest BCUT2D eigenvalue weighted by atomic mass is 19.1. The fourth-order valence-electron chi connectivity index (χ4n) is 4.01. The molecule has 1 aromatic heterocycles. The van der Waals surface area contributed by atoms with Gasteiger partial charge in [-0.2, -0.15) is 9.49 Å². The van der Waals surface area contributed by atoms with E-state index in [2.05, 4.69) is 22.5 Å². The van der Waals surface area contributed by atoms with Crippen molar-refractivity contribution in [3.8, 4) is 5.88 Å². The lowest BCUT2D eigenvalue weighted by Gasteiger charge is -2.38. The van der Waals surface area contributed by atoms with Crippen LogP contribution in [0.15, 0.2) is 30.3 Å². The average Bonchev–Trinajstić information content (AvgIpc) is 3.24. The molecule has 0 saturated heterocycles. The molecule has 0 unspecified atom stereocenters. The zero-order valence-electron chi connectivity index (χ0n) is 14.1. The Kier molecular flexibility index (Phi) is 4.19. The zero-order valence-corrected chi connectivity index (χ0v) is 14.1. The highest BCUT2D eigenvalue weighted by molar-refractivity contribution is 5.93. The highest BCUT2D eigenvalue weighted by Gasteiger charge is 2.35. The molecule has 1 saturated carbocycles. The predicted molar refractivity (Wildman–Crippen MR) is 91.2 cm³/mol. The van der Waals surface area contributed by atoms with Crippen molar-refractivity contribution in [2.24, 2.45) is 0 Å². The van der Waals surface area contributed by atoms with Crippen molar-refractivity contribution in [2.75, 3.05) is 13.2 Å². The molecule has 1 N–H and O–H groups in total. The van der Waals surface area contributed by atoms with Crippen molar-refractivity contribution in [1.82, 2.24) is 15.1 Å². The van der Waals surface area contributed by atoms with Gasteiger partial charge in [0.1, 0.15) is 6.61 Å². The first-order chi connectivity index (χ1) is 12.2. The SMILES string of the molecule is O=C(NCC1(c2ccccc2)CCCCC1)c1nn2c(c1F)OCC2. The van der Waals surface area contributed by atoms with Crippen LogP contribution >= 0.6 is 0 Å². The number of nitrogens with zero attached hydrogens (tertiary/aromatic N) is 2. The van der Waals surface area contributed by atoms with Gasteiger partial charge < -0.3 is 10.1 Å². The fourth-order valence-corrected chi connectivity index (χ4v) is 4.01. The topological polar surface area (TPSA) is 56.2 Å². The van der Waals surface area contributed by atoms with Crippen molar-refractivity contribution >= 4 is 5.91 Å². The van der Waals surface area contributed by atoms with Crippen LogP contribution in [0.2, 0.25) is 0 Å². The Balaban J connectivity index is 1.53. The van der Waals surface area contributed by atoms with Crippen molar-refractivity contribution in [3.05, 3.63) is 47.4 Å². The molecular formula is C19H22FN3O2. The second-order valence-corrected chi connectivity index (χ2v) is 6.93. The summed E-state index contributed by atoms with van der Waals surface area (Å²) in [5, 5.41) is 6.98. The van der Waals surface area contributed by atoms with Gasteiger partial charge in [-0.25, -0.2) is 4.68 Å². The van der Waals surface area contributed by atoms with E-state index in [1.54, 1.807) is 0 Å². The van der Waals surface area contributed by atoms with E-state index in [1.807, 2.05) is 18.2 Å². The van der Waals surface area contributed by atoms with Gasteiger partial charge in [-0.15, -0.1) is 0 Å². The number of carbonyl (C=O) groups excluding carboxylic acids is 1. The maximum absolute atomic E-state index is 14.3. The number of halogens is 1. The quantitative estimate of drug-likeness (QED) is 0.928. The minimum Gasteiger partial charge on any atom is -0.474 e. The van der Waals surface area contributed by atoms with Gasteiger partial charge in [-0.05, 0) is 18.4 Å². The molecule has 0 atom stereocenters. The van der Waals surface area contributed by atoms with Crippen LogP contribution in [0.1, 0.15) is 48.2 Å². The number of ether oxygens (including phenoxy) is 1. The lowest BCUT2D eigenvalue weighted by molar-refractivity contribution is 0.0926. The first-order valence-electron chi connectivity index (χ1n) is 8.92. The van der Waals surface area contributed by atoms with E-state index in [4.69, 9.17) is 4.74 Å². The van der Waals surface area contributed by atoms with Crippen LogP contribution in [0.5, 0.6) is 5.88 Å². The van der Waals surface area contributed by atoms with Crippen LogP contribution in [-0.2, 0) is 12.0 Å². The van der Waals surface area contributed by atoms with Crippen LogP contribution in [0.25, 0.3) is 0 Å². The number of hydrogen-bond donors (Lipinski definition) is 1. The predicted octanol–water partition coefficient (Wildman–Crippen LogP) is 3.05.